The van der Waals surface area contributed by atoms with Crippen LogP contribution in [-0.2, 0) is 15.7 Å². The molecule has 0 aromatic heterocycles. The number of carbonyl (C=O) groups excluding carboxylic acids is 1. The zero-order valence-corrected chi connectivity index (χ0v) is 12.8. The zero-order valence-electron chi connectivity index (χ0n) is 12.8. The third-order valence-electron chi connectivity index (χ3n) is 4.29. The fourth-order valence-corrected chi connectivity index (χ4v) is 3.13. The lowest BCUT2D eigenvalue weighted by Gasteiger charge is -2.38. The Labute approximate surface area is 136 Å². The highest BCUT2D eigenvalue weighted by Gasteiger charge is 2.37. The summed E-state index contributed by atoms with van der Waals surface area (Å²) in [7, 11) is 0. The van der Waals surface area contributed by atoms with E-state index in [9.17, 15) is 22.4 Å². The van der Waals surface area contributed by atoms with Crippen molar-refractivity contribution in [2.24, 2.45) is 0 Å². The summed E-state index contributed by atoms with van der Waals surface area (Å²) in [4.78, 5) is 14.1. The number of nitrogens with zero attached hydrogens (tertiary/aromatic N) is 1. The predicted molar refractivity (Wildman–Crippen MR) is 76.0 cm³/mol. The van der Waals surface area contributed by atoms with Gasteiger partial charge in [0, 0.05) is 18.7 Å². The molecule has 3 rings (SSSR count). The first-order valence-electron chi connectivity index (χ1n) is 7.74. The van der Waals surface area contributed by atoms with E-state index in [1.807, 2.05) is 0 Å². The fourth-order valence-electron chi connectivity index (χ4n) is 3.13. The highest BCUT2D eigenvalue weighted by Crippen LogP contribution is 2.31. The van der Waals surface area contributed by atoms with E-state index in [0.29, 0.717) is 18.7 Å². The standard InChI is InChI=1S/C16H17F4NO3/c17-12-7-10(6-11(8-12)16(18,19)20)15(22)21-3-5-23-9-13(21)14-2-1-4-24-14/h6-8,13-14H,1-5,9H2. The van der Waals surface area contributed by atoms with Gasteiger partial charge in [-0.15, -0.1) is 0 Å². The molecule has 0 saturated carbocycles. The van der Waals surface area contributed by atoms with Gasteiger partial charge >= 0.3 is 6.18 Å². The molecule has 2 unspecified atom stereocenters. The van der Waals surface area contributed by atoms with E-state index < -0.39 is 23.5 Å². The topological polar surface area (TPSA) is 38.8 Å². The quantitative estimate of drug-likeness (QED) is 0.773. The van der Waals surface area contributed by atoms with Crippen molar-refractivity contribution in [3.8, 4) is 0 Å². The van der Waals surface area contributed by atoms with Crippen molar-refractivity contribution in [2.75, 3.05) is 26.4 Å². The van der Waals surface area contributed by atoms with Crippen LogP contribution in [0.15, 0.2) is 18.2 Å². The number of ether oxygens (including phenoxy) is 2. The van der Waals surface area contributed by atoms with Gasteiger partial charge in [0.15, 0.2) is 0 Å². The molecule has 0 spiro atoms. The Morgan fingerprint density at radius 2 is 2.00 bits per heavy atom. The molecule has 2 aliphatic rings. The van der Waals surface area contributed by atoms with Gasteiger partial charge in [-0.05, 0) is 31.0 Å². The third kappa shape index (κ3) is 3.54. The van der Waals surface area contributed by atoms with Gasteiger partial charge in [0.25, 0.3) is 5.91 Å². The Hall–Kier alpha value is -1.67. The fraction of sp³-hybridized carbons (Fsp3) is 0.562. The van der Waals surface area contributed by atoms with Gasteiger partial charge in [-0.2, -0.15) is 13.2 Å². The summed E-state index contributed by atoms with van der Waals surface area (Å²) in [5.41, 5.74) is -1.49. The van der Waals surface area contributed by atoms with Crippen molar-refractivity contribution in [2.45, 2.75) is 31.2 Å². The molecule has 1 amide bonds. The van der Waals surface area contributed by atoms with Crippen LogP contribution in [-0.4, -0.2) is 49.3 Å². The van der Waals surface area contributed by atoms with E-state index >= 15 is 0 Å². The average molecular weight is 347 g/mol. The van der Waals surface area contributed by atoms with Gasteiger partial charge in [-0.3, -0.25) is 4.79 Å². The summed E-state index contributed by atoms with van der Waals surface area (Å²) in [6.07, 6.45) is -3.29. The van der Waals surface area contributed by atoms with Crippen LogP contribution in [0.4, 0.5) is 17.6 Å². The highest BCUT2D eigenvalue weighted by molar-refractivity contribution is 5.94. The molecule has 1 aromatic carbocycles. The number of rotatable bonds is 2. The number of carbonyl (C=O) groups is 1. The molecule has 0 bridgehead atoms. The zero-order chi connectivity index (χ0) is 17.3. The van der Waals surface area contributed by atoms with Gasteiger partial charge in [0.1, 0.15) is 5.82 Å². The largest absolute Gasteiger partial charge is 0.416 e. The van der Waals surface area contributed by atoms with Crippen LogP contribution in [0.3, 0.4) is 0 Å². The predicted octanol–water partition coefficient (Wildman–Crippen LogP) is 2.86. The van der Waals surface area contributed by atoms with Gasteiger partial charge in [0.05, 0.1) is 30.9 Å². The first-order valence-corrected chi connectivity index (χ1v) is 7.74. The minimum absolute atomic E-state index is 0.204. The highest BCUT2D eigenvalue weighted by atomic mass is 19.4. The molecule has 2 saturated heterocycles. The van der Waals surface area contributed by atoms with E-state index in [-0.39, 0.29) is 37.5 Å². The van der Waals surface area contributed by atoms with Crippen LogP contribution < -0.4 is 0 Å². The molecule has 2 aliphatic heterocycles. The summed E-state index contributed by atoms with van der Waals surface area (Å²) in [5.74, 6) is -1.72. The summed E-state index contributed by atoms with van der Waals surface area (Å²) in [5, 5.41) is 0. The number of amides is 1. The number of hydrogen-bond donors (Lipinski definition) is 0. The molecule has 0 radical (unpaired) electrons. The monoisotopic (exact) mass is 347 g/mol. The van der Waals surface area contributed by atoms with Crippen molar-refractivity contribution in [3.05, 3.63) is 35.1 Å². The number of alkyl halides is 3. The van der Waals surface area contributed by atoms with E-state index in [2.05, 4.69) is 0 Å². The molecule has 0 N–H and O–H groups in total. The van der Waals surface area contributed by atoms with Crippen molar-refractivity contribution >= 4 is 5.91 Å². The SMILES string of the molecule is O=C(c1cc(F)cc(C(F)(F)F)c1)N1CCOCC1C1CCCO1. The van der Waals surface area contributed by atoms with E-state index in [1.165, 1.54) is 4.90 Å². The van der Waals surface area contributed by atoms with Gasteiger partial charge in [-0.1, -0.05) is 0 Å². The summed E-state index contributed by atoms with van der Waals surface area (Å²) in [6.45, 7) is 1.37. The molecule has 8 heteroatoms. The van der Waals surface area contributed by atoms with Crippen molar-refractivity contribution in [1.29, 1.82) is 0 Å². The molecule has 2 fully saturated rings. The third-order valence-corrected chi connectivity index (χ3v) is 4.29. The number of benzene rings is 1. The van der Waals surface area contributed by atoms with E-state index in [1.54, 1.807) is 0 Å². The van der Waals surface area contributed by atoms with Crippen LogP contribution in [0.2, 0.25) is 0 Å². The summed E-state index contributed by atoms with van der Waals surface area (Å²) >= 11 is 0. The molecule has 0 aliphatic carbocycles. The van der Waals surface area contributed by atoms with E-state index in [4.69, 9.17) is 9.47 Å². The second kappa shape index (κ2) is 6.68. The second-order valence-electron chi connectivity index (χ2n) is 5.92. The average Bonchev–Trinajstić information content (AvgIpc) is 3.07. The molecule has 132 valence electrons. The lowest BCUT2D eigenvalue weighted by atomic mass is 10.0. The molecule has 24 heavy (non-hydrogen) atoms. The molecule has 1 aromatic rings. The lowest BCUT2D eigenvalue weighted by Crippen LogP contribution is -2.54. The maximum absolute atomic E-state index is 13.6. The van der Waals surface area contributed by atoms with Crippen molar-refractivity contribution in [1.82, 2.24) is 4.90 Å². The number of morpholine rings is 1. The van der Waals surface area contributed by atoms with Crippen LogP contribution in [0.5, 0.6) is 0 Å². The second-order valence-corrected chi connectivity index (χ2v) is 5.92. The van der Waals surface area contributed by atoms with E-state index in [0.717, 1.165) is 18.9 Å². The lowest BCUT2D eigenvalue weighted by molar-refractivity contribution is -0.137. The first kappa shape index (κ1) is 17.2. The van der Waals surface area contributed by atoms with Gasteiger partial charge in [-0.25, -0.2) is 4.39 Å². The summed E-state index contributed by atoms with van der Waals surface area (Å²) in [6, 6.07) is 1.53. The Bertz CT molecular complexity index is 614. The van der Waals surface area contributed by atoms with Crippen molar-refractivity contribution in [3.63, 3.8) is 0 Å². The molecule has 4 nitrogen and oxygen atoms in total. The van der Waals surface area contributed by atoms with Crippen LogP contribution in [0, 0.1) is 5.82 Å². The molecular weight excluding hydrogens is 330 g/mol. The van der Waals surface area contributed by atoms with Crippen LogP contribution in [0.25, 0.3) is 0 Å². The molecule has 2 heterocycles. The smallest absolute Gasteiger partial charge is 0.377 e. The van der Waals surface area contributed by atoms with Crippen LogP contribution >= 0.6 is 0 Å². The summed E-state index contributed by atoms with van der Waals surface area (Å²) < 4.78 is 63.1. The number of hydrogen-bond acceptors (Lipinski definition) is 3. The van der Waals surface area contributed by atoms with Gasteiger partial charge in [0.2, 0.25) is 0 Å². The Kier molecular flexibility index (Phi) is 4.78. The Morgan fingerprint density at radius 3 is 2.67 bits per heavy atom. The normalized spacial score (nSPS) is 25.1. The van der Waals surface area contributed by atoms with Gasteiger partial charge < -0.3 is 14.4 Å². The molecular formula is C16H17F4NO3. The Morgan fingerprint density at radius 1 is 1.21 bits per heavy atom. The van der Waals surface area contributed by atoms with Crippen molar-refractivity contribution < 1.29 is 31.8 Å². The number of halogens is 4. The maximum Gasteiger partial charge on any atom is 0.416 e. The van der Waals surface area contributed by atoms with Crippen LogP contribution in [0.1, 0.15) is 28.8 Å². The minimum Gasteiger partial charge on any atom is -0.377 e. The Balaban J connectivity index is 1.87. The first-order chi connectivity index (χ1) is 11.4. The maximum atomic E-state index is 13.6. The minimum atomic E-state index is -4.71. The molecule has 2 atom stereocenters.